The smallest absolute Gasteiger partial charge is 0.244 e. The number of aromatic nitrogens is 1. The van der Waals surface area contributed by atoms with Crippen molar-refractivity contribution in [3.63, 3.8) is 0 Å². The largest absolute Gasteiger partial charge is 0.497 e. The van der Waals surface area contributed by atoms with E-state index in [1.807, 2.05) is 23.2 Å². The van der Waals surface area contributed by atoms with Crippen molar-refractivity contribution in [1.82, 2.24) is 18.7 Å². The van der Waals surface area contributed by atoms with Gasteiger partial charge in [-0.1, -0.05) is 0 Å². The standard InChI is InChI=1S/C25H36N4O4S/c1-18(2)26-9-11-28(12-10-26)24(30)17-23-22-7-6-8-27(22)13-14-29(23)34(31,32)25-19(3)15-21(33-5)16-20(25)4/h6-8,15-16,18,23H,9-14,17H2,1-5H3. The highest BCUT2D eigenvalue weighted by Gasteiger charge is 2.40. The van der Waals surface area contributed by atoms with Crippen LogP contribution in [0, 0.1) is 13.8 Å². The minimum atomic E-state index is -3.83. The van der Waals surface area contributed by atoms with Gasteiger partial charge in [0, 0.05) is 63.6 Å². The van der Waals surface area contributed by atoms with Crippen LogP contribution in [0.2, 0.25) is 0 Å². The zero-order chi connectivity index (χ0) is 24.6. The van der Waals surface area contributed by atoms with Gasteiger partial charge in [0.1, 0.15) is 5.75 Å². The Morgan fingerprint density at radius 3 is 2.29 bits per heavy atom. The van der Waals surface area contributed by atoms with Crippen molar-refractivity contribution in [2.24, 2.45) is 0 Å². The number of nitrogens with zero attached hydrogens (tertiary/aromatic N) is 4. The Morgan fingerprint density at radius 1 is 1.06 bits per heavy atom. The summed E-state index contributed by atoms with van der Waals surface area (Å²) in [4.78, 5) is 17.9. The van der Waals surface area contributed by atoms with Crippen LogP contribution in [0.1, 0.15) is 43.1 Å². The topological polar surface area (TPSA) is 75.1 Å². The van der Waals surface area contributed by atoms with Gasteiger partial charge in [-0.05, 0) is 63.1 Å². The molecule has 186 valence electrons. The molecule has 1 aromatic heterocycles. The predicted molar refractivity (Wildman–Crippen MR) is 131 cm³/mol. The van der Waals surface area contributed by atoms with Crippen LogP contribution < -0.4 is 4.74 Å². The summed E-state index contributed by atoms with van der Waals surface area (Å²) in [5.74, 6) is 0.639. The number of hydrogen-bond donors (Lipinski definition) is 0. The van der Waals surface area contributed by atoms with Gasteiger partial charge in [-0.3, -0.25) is 9.69 Å². The summed E-state index contributed by atoms with van der Waals surface area (Å²) < 4.78 is 36.9. The minimum Gasteiger partial charge on any atom is -0.497 e. The molecule has 0 spiro atoms. The first-order valence-corrected chi connectivity index (χ1v) is 13.4. The molecule has 1 unspecified atom stereocenters. The molecule has 1 saturated heterocycles. The number of amides is 1. The van der Waals surface area contributed by atoms with Crippen molar-refractivity contribution in [3.8, 4) is 5.75 Å². The molecule has 1 fully saturated rings. The van der Waals surface area contributed by atoms with E-state index in [-0.39, 0.29) is 12.3 Å². The Hall–Kier alpha value is -2.36. The molecule has 1 atom stereocenters. The normalized spacial score (nSPS) is 19.9. The summed E-state index contributed by atoms with van der Waals surface area (Å²) in [5, 5.41) is 0. The van der Waals surface area contributed by atoms with Crippen molar-refractivity contribution in [1.29, 1.82) is 0 Å². The summed E-state index contributed by atoms with van der Waals surface area (Å²) in [5.41, 5.74) is 2.16. The first-order valence-electron chi connectivity index (χ1n) is 12.0. The fourth-order valence-electron chi connectivity index (χ4n) is 5.27. The van der Waals surface area contributed by atoms with Gasteiger partial charge >= 0.3 is 0 Å². The molecule has 8 nitrogen and oxygen atoms in total. The van der Waals surface area contributed by atoms with Crippen LogP contribution in [-0.4, -0.2) is 78.9 Å². The molecule has 9 heteroatoms. The molecular formula is C25H36N4O4S. The van der Waals surface area contributed by atoms with Crippen LogP contribution in [0.4, 0.5) is 0 Å². The lowest BCUT2D eigenvalue weighted by Crippen LogP contribution is -2.51. The maximum Gasteiger partial charge on any atom is 0.244 e. The lowest BCUT2D eigenvalue weighted by atomic mass is 10.1. The quantitative estimate of drug-likeness (QED) is 0.625. The molecule has 0 saturated carbocycles. The lowest BCUT2D eigenvalue weighted by molar-refractivity contribution is -0.134. The SMILES string of the molecule is COc1cc(C)c(S(=O)(=O)N2CCn3cccc3C2CC(=O)N2CCN(C(C)C)CC2)c(C)c1. The average Bonchev–Trinajstić information content (AvgIpc) is 3.27. The fourth-order valence-corrected chi connectivity index (χ4v) is 7.28. The Kier molecular flexibility index (Phi) is 7.07. The van der Waals surface area contributed by atoms with Crippen molar-refractivity contribution < 1.29 is 17.9 Å². The minimum absolute atomic E-state index is 0.00595. The number of fused-ring (bicyclic) bond motifs is 1. The van der Waals surface area contributed by atoms with E-state index in [4.69, 9.17) is 4.74 Å². The first-order chi connectivity index (χ1) is 16.1. The fraction of sp³-hybridized carbons (Fsp3) is 0.560. The summed E-state index contributed by atoms with van der Waals surface area (Å²) >= 11 is 0. The second-order valence-corrected chi connectivity index (χ2v) is 11.4. The lowest BCUT2D eigenvalue weighted by Gasteiger charge is -2.39. The second kappa shape index (κ2) is 9.71. The van der Waals surface area contributed by atoms with Crippen molar-refractivity contribution in [2.75, 3.05) is 39.8 Å². The number of methoxy groups -OCH3 is 1. The molecule has 3 heterocycles. The van der Waals surface area contributed by atoms with Crippen LogP contribution in [-0.2, 0) is 21.4 Å². The van der Waals surface area contributed by atoms with Crippen molar-refractivity contribution >= 4 is 15.9 Å². The molecule has 2 aromatic rings. The van der Waals surface area contributed by atoms with E-state index in [2.05, 4.69) is 23.3 Å². The highest BCUT2D eigenvalue weighted by Crippen LogP contribution is 2.37. The summed E-state index contributed by atoms with van der Waals surface area (Å²) in [7, 11) is -2.26. The Morgan fingerprint density at radius 2 is 1.71 bits per heavy atom. The van der Waals surface area contributed by atoms with Gasteiger partial charge < -0.3 is 14.2 Å². The van der Waals surface area contributed by atoms with Crippen molar-refractivity contribution in [3.05, 3.63) is 47.3 Å². The molecule has 0 bridgehead atoms. The summed E-state index contributed by atoms with van der Waals surface area (Å²) in [6, 6.07) is 7.28. The highest BCUT2D eigenvalue weighted by molar-refractivity contribution is 7.89. The molecule has 34 heavy (non-hydrogen) atoms. The van der Waals surface area contributed by atoms with Gasteiger partial charge in [0.2, 0.25) is 15.9 Å². The number of rotatable bonds is 6. The van der Waals surface area contributed by atoms with Crippen LogP contribution in [0.3, 0.4) is 0 Å². The number of piperazine rings is 1. The second-order valence-electron chi connectivity index (χ2n) is 9.56. The Labute approximate surface area is 203 Å². The third-order valence-electron chi connectivity index (χ3n) is 7.12. The molecular weight excluding hydrogens is 452 g/mol. The van der Waals surface area contributed by atoms with Gasteiger partial charge in [0.15, 0.2) is 0 Å². The van der Waals surface area contributed by atoms with Gasteiger partial charge in [-0.15, -0.1) is 0 Å². The van der Waals surface area contributed by atoms with Gasteiger partial charge in [-0.2, -0.15) is 4.31 Å². The van der Waals surface area contributed by atoms with E-state index >= 15 is 0 Å². The number of hydrogen-bond acceptors (Lipinski definition) is 5. The molecule has 4 rings (SSSR count). The number of benzene rings is 1. The zero-order valence-corrected chi connectivity index (χ0v) is 21.6. The van der Waals surface area contributed by atoms with Crippen LogP contribution in [0.25, 0.3) is 0 Å². The monoisotopic (exact) mass is 488 g/mol. The molecule has 1 aromatic carbocycles. The zero-order valence-electron chi connectivity index (χ0n) is 20.8. The van der Waals surface area contributed by atoms with Crippen LogP contribution >= 0.6 is 0 Å². The third kappa shape index (κ3) is 4.61. The van der Waals surface area contributed by atoms with E-state index in [1.54, 1.807) is 33.1 Å². The van der Waals surface area contributed by atoms with Crippen LogP contribution in [0.15, 0.2) is 35.4 Å². The van der Waals surface area contributed by atoms with Gasteiger partial charge in [0.25, 0.3) is 0 Å². The Balaban J connectivity index is 1.63. The molecule has 2 aliphatic heterocycles. The molecule has 0 N–H and O–H groups in total. The summed E-state index contributed by atoms with van der Waals surface area (Å²) in [6.07, 6.45) is 2.10. The number of ether oxygens (including phenoxy) is 1. The van der Waals surface area contributed by atoms with E-state index in [0.29, 0.717) is 54.0 Å². The van der Waals surface area contributed by atoms with Gasteiger partial charge in [-0.25, -0.2) is 8.42 Å². The molecule has 0 aliphatic carbocycles. The van der Waals surface area contributed by atoms with E-state index in [1.165, 1.54) is 4.31 Å². The van der Waals surface area contributed by atoms with E-state index in [0.717, 1.165) is 18.8 Å². The summed E-state index contributed by atoms with van der Waals surface area (Å²) in [6.45, 7) is 11.9. The highest BCUT2D eigenvalue weighted by atomic mass is 32.2. The predicted octanol–water partition coefficient (Wildman–Crippen LogP) is 2.80. The molecule has 0 radical (unpaired) electrons. The maximum atomic E-state index is 14.0. The Bertz CT molecular complexity index is 1130. The number of aryl methyl sites for hydroxylation is 2. The number of sulfonamides is 1. The molecule has 2 aliphatic rings. The average molecular weight is 489 g/mol. The number of carbonyl (C=O) groups is 1. The van der Waals surface area contributed by atoms with Crippen LogP contribution in [0.5, 0.6) is 5.75 Å². The van der Waals surface area contributed by atoms with Gasteiger partial charge in [0.05, 0.1) is 18.0 Å². The first kappa shape index (κ1) is 24.8. The van der Waals surface area contributed by atoms with Crippen molar-refractivity contribution in [2.45, 2.75) is 57.6 Å². The third-order valence-corrected chi connectivity index (χ3v) is 9.33. The van der Waals surface area contributed by atoms with E-state index in [9.17, 15) is 13.2 Å². The molecule has 1 amide bonds. The number of carbonyl (C=O) groups excluding carboxylic acids is 1. The van der Waals surface area contributed by atoms with E-state index < -0.39 is 16.1 Å². The maximum absolute atomic E-state index is 14.0.